The van der Waals surface area contributed by atoms with E-state index in [-0.39, 0.29) is 18.6 Å². The minimum Gasteiger partial charge on any atom is -0.394 e. The van der Waals surface area contributed by atoms with Crippen molar-refractivity contribution in [2.45, 2.75) is 25.9 Å². The molecule has 0 spiro atoms. The van der Waals surface area contributed by atoms with Crippen LogP contribution in [-0.4, -0.2) is 48.2 Å². The van der Waals surface area contributed by atoms with Crippen molar-refractivity contribution in [1.82, 2.24) is 4.90 Å². The van der Waals surface area contributed by atoms with E-state index in [9.17, 15) is 9.90 Å². The summed E-state index contributed by atoms with van der Waals surface area (Å²) in [5.41, 5.74) is 2.16. The third kappa shape index (κ3) is 2.20. The average Bonchev–Trinajstić information content (AvgIpc) is 2.33. The third-order valence-corrected chi connectivity index (χ3v) is 3.48. The first-order valence-electron chi connectivity index (χ1n) is 6.25. The number of amides is 1. The average molecular weight is 248 g/mol. The number of carbonyl (C=O) groups excluding carboxylic acids is 1. The molecule has 1 saturated heterocycles. The number of carbonyl (C=O) groups is 1. The highest BCUT2D eigenvalue weighted by molar-refractivity contribution is 5.87. The Morgan fingerprint density at radius 3 is 2.78 bits per heavy atom. The SMILES string of the molecule is Cc1cccc(N2C(C)CN(C)C(=O)C2CO)c1. The van der Waals surface area contributed by atoms with Gasteiger partial charge in [-0.1, -0.05) is 12.1 Å². The Labute approximate surface area is 108 Å². The summed E-state index contributed by atoms with van der Waals surface area (Å²) in [6.45, 7) is 4.64. The van der Waals surface area contributed by atoms with Gasteiger partial charge in [0.15, 0.2) is 0 Å². The molecule has 1 amide bonds. The van der Waals surface area contributed by atoms with Crippen LogP contribution in [0.15, 0.2) is 24.3 Å². The second kappa shape index (κ2) is 4.98. The maximum absolute atomic E-state index is 12.1. The monoisotopic (exact) mass is 248 g/mol. The minimum absolute atomic E-state index is 0.0166. The lowest BCUT2D eigenvalue weighted by atomic mass is 10.0. The van der Waals surface area contributed by atoms with E-state index in [0.29, 0.717) is 6.54 Å². The topological polar surface area (TPSA) is 43.8 Å². The van der Waals surface area contributed by atoms with Gasteiger partial charge in [-0.25, -0.2) is 0 Å². The van der Waals surface area contributed by atoms with Gasteiger partial charge in [0.1, 0.15) is 6.04 Å². The first-order chi connectivity index (χ1) is 8.54. The standard InChI is InChI=1S/C14H20N2O2/c1-10-5-4-6-12(7-10)16-11(2)8-15(3)14(18)13(16)9-17/h4-7,11,13,17H,8-9H2,1-3H3. The van der Waals surface area contributed by atoms with Crippen LogP contribution in [0.25, 0.3) is 0 Å². The van der Waals surface area contributed by atoms with Gasteiger partial charge in [-0.3, -0.25) is 4.79 Å². The molecule has 1 aromatic carbocycles. The van der Waals surface area contributed by atoms with E-state index in [2.05, 4.69) is 13.0 Å². The van der Waals surface area contributed by atoms with Crippen LogP contribution in [0.1, 0.15) is 12.5 Å². The fourth-order valence-electron chi connectivity index (χ4n) is 2.64. The molecule has 2 atom stereocenters. The van der Waals surface area contributed by atoms with Crippen LogP contribution in [0.5, 0.6) is 0 Å². The zero-order valence-corrected chi connectivity index (χ0v) is 11.1. The molecular weight excluding hydrogens is 228 g/mol. The number of aliphatic hydroxyl groups is 1. The largest absolute Gasteiger partial charge is 0.394 e. The predicted molar refractivity (Wildman–Crippen MR) is 71.6 cm³/mol. The molecule has 0 saturated carbocycles. The highest BCUT2D eigenvalue weighted by Gasteiger charge is 2.36. The van der Waals surface area contributed by atoms with Gasteiger partial charge < -0.3 is 14.9 Å². The summed E-state index contributed by atoms with van der Waals surface area (Å²) >= 11 is 0. The number of nitrogens with zero attached hydrogens (tertiary/aromatic N) is 2. The quantitative estimate of drug-likeness (QED) is 0.850. The van der Waals surface area contributed by atoms with Crippen molar-refractivity contribution in [3.05, 3.63) is 29.8 Å². The molecule has 1 heterocycles. The Morgan fingerprint density at radius 2 is 2.17 bits per heavy atom. The van der Waals surface area contributed by atoms with Crippen molar-refractivity contribution < 1.29 is 9.90 Å². The molecule has 2 rings (SSSR count). The summed E-state index contributed by atoms with van der Waals surface area (Å²) in [5, 5.41) is 9.51. The van der Waals surface area contributed by atoms with Crippen LogP contribution in [0.2, 0.25) is 0 Å². The van der Waals surface area contributed by atoms with Gasteiger partial charge >= 0.3 is 0 Å². The van der Waals surface area contributed by atoms with Gasteiger partial charge in [0.05, 0.1) is 6.61 Å². The maximum atomic E-state index is 12.1. The lowest BCUT2D eigenvalue weighted by molar-refractivity contribution is -0.134. The maximum Gasteiger partial charge on any atom is 0.247 e. The molecule has 0 bridgehead atoms. The molecule has 0 radical (unpaired) electrons. The zero-order valence-electron chi connectivity index (χ0n) is 11.1. The molecule has 1 aromatic rings. The second-order valence-corrected chi connectivity index (χ2v) is 5.01. The molecular formula is C14H20N2O2. The Hall–Kier alpha value is -1.55. The molecule has 0 aromatic heterocycles. The summed E-state index contributed by atoms with van der Waals surface area (Å²) in [7, 11) is 1.79. The number of likely N-dealkylation sites (N-methyl/N-ethyl adjacent to an activating group) is 1. The number of benzene rings is 1. The second-order valence-electron chi connectivity index (χ2n) is 5.01. The third-order valence-electron chi connectivity index (χ3n) is 3.48. The molecule has 18 heavy (non-hydrogen) atoms. The molecule has 1 aliphatic rings. The van der Waals surface area contributed by atoms with Gasteiger partial charge in [-0.2, -0.15) is 0 Å². The van der Waals surface area contributed by atoms with Gasteiger partial charge in [0.25, 0.3) is 0 Å². The van der Waals surface area contributed by atoms with Crippen molar-refractivity contribution in [1.29, 1.82) is 0 Å². The van der Waals surface area contributed by atoms with E-state index in [0.717, 1.165) is 11.3 Å². The Kier molecular flexibility index (Phi) is 3.57. The van der Waals surface area contributed by atoms with Crippen LogP contribution in [0, 0.1) is 6.92 Å². The molecule has 1 aliphatic heterocycles. The van der Waals surface area contributed by atoms with Crippen LogP contribution < -0.4 is 4.90 Å². The summed E-state index contributed by atoms with van der Waals surface area (Å²) in [4.78, 5) is 15.8. The van der Waals surface area contributed by atoms with E-state index in [1.165, 1.54) is 0 Å². The van der Waals surface area contributed by atoms with Crippen molar-refractivity contribution in [2.24, 2.45) is 0 Å². The molecule has 2 unspecified atom stereocenters. The molecule has 1 N–H and O–H groups in total. The van der Waals surface area contributed by atoms with Gasteiger partial charge in [-0.15, -0.1) is 0 Å². The van der Waals surface area contributed by atoms with Crippen LogP contribution in [0.3, 0.4) is 0 Å². The summed E-state index contributed by atoms with van der Waals surface area (Å²) in [6, 6.07) is 7.78. The number of aryl methyl sites for hydroxylation is 1. The Balaban J connectivity index is 2.37. The fourth-order valence-corrected chi connectivity index (χ4v) is 2.64. The normalized spacial score (nSPS) is 24.6. The van der Waals surface area contributed by atoms with Crippen LogP contribution in [-0.2, 0) is 4.79 Å². The van der Waals surface area contributed by atoms with Crippen LogP contribution >= 0.6 is 0 Å². The van der Waals surface area contributed by atoms with E-state index in [4.69, 9.17) is 0 Å². The Morgan fingerprint density at radius 1 is 1.44 bits per heavy atom. The first-order valence-corrected chi connectivity index (χ1v) is 6.25. The minimum atomic E-state index is -0.472. The predicted octanol–water partition coefficient (Wildman–Crippen LogP) is 1.02. The Bertz CT molecular complexity index is 447. The smallest absolute Gasteiger partial charge is 0.247 e. The lowest BCUT2D eigenvalue weighted by Crippen LogP contribution is -2.61. The summed E-state index contributed by atoms with van der Waals surface area (Å²) in [6.07, 6.45) is 0. The summed E-state index contributed by atoms with van der Waals surface area (Å²) < 4.78 is 0. The fraction of sp³-hybridized carbons (Fsp3) is 0.500. The van der Waals surface area contributed by atoms with Crippen molar-refractivity contribution >= 4 is 11.6 Å². The van der Waals surface area contributed by atoms with E-state index in [1.807, 2.05) is 30.0 Å². The number of hydrogen-bond donors (Lipinski definition) is 1. The van der Waals surface area contributed by atoms with Crippen molar-refractivity contribution in [3.63, 3.8) is 0 Å². The lowest BCUT2D eigenvalue weighted by Gasteiger charge is -2.44. The van der Waals surface area contributed by atoms with E-state index >= 15 is 0 Å². The van der Waals surface area contributed by atoms with Crippen molar-refractivity contribution in [2.75, 3.05) is 25.1 Å². The highest BCUT2D eigenvalue weighted by atomic mass is 16.3. The van der Waals surface area contributed by atoms with Gasteiger partial charge in [0.2, 0.25) is 5.91 Å². The number of piperazine rings is 1. The van der Waals surface area contributed by atoms with Crippen molar-refractivity contribution in [3.8, 4) is 0 Å². The van der Waals surface area contributed by atoms with Crippen LogP contribution in [0.4, 0.5) is 5.69 Å². The van der Waals surface area contributed by atoms with E-state index in [1.54, 1.807) is 11.9 Å². The molecule has 98 valence electrons. The zero-order chi connectivity index (χ0) is 13.3. The first kappa shape index (κ1) is 12.9. The molecule has 4 nitrogen and oxygen atoms in total. The molecule has 4 heteroatoms. The number of anilines is 1. The summed E-state index contributed by atoms with van der Waals surface area (Å²) in [5.74, 6) is -0.0166. The number of hydrogen-bond acceptors (Lipinski definition) is 3. The highest BCUT2D eigenvalue weighted by Crippen LogP contribution is 2.25. The van der Waals surface area contributed by atoms with Gasteiger partial charge in [-0.05, 0) is 31.5 Å². The van der Waals surface area contributed by atoms with Gasteiger partial charge in [0, 0.05) is 25.3 Å². The molecule has 1 fully saturated rings. The number of rotatable bonds is 2. The van der Waals surface area contributed by atoms with E-state index < -0.39 is 6.04 Å². The number of aliphatic hydroxyl groups excluding tert-OH is 1. The molecule has 0 aliphatic carbocycles.